The Kier molecular flexibility index (Phi) is 4.36. The lowest BCUT2D eigenvalue weighted by atomic mass is 10.2. The number of methoxy groups -OCH3 is 1. The van der Waals surface area contributed by atoms with E-state index < -0.39 is 11.4 Å². The van der Waals surface area contributed by atoms with Gasteiger partial charge >= 0.3 is 17.5 Å². The largest absolute Gasteiger partial charge is 0.475 e. The van der Waals surface area contributed by atoms with Crippen LogP contribution in [0.5, 0.6) is 5.88 Å². The molecule has 0 bridgehead atoms. The standard InChI is InChI=1S/C14H15N4O4/c1-4-18-7-9(14(20)22-5-2)11(19)8-6-10(17-15)13(21-3)16-12(8)18/h6-7H,4-5H2,1-3H3/q+1. The van der Waals surface area contributed by atoms with Gasteiger partial charge in [0.2, 0.25) is 10.8 Å². The Balaban J connectivity index is 2.85. The van der Waals surface area contributed by atoms with Gasteiger partial charge in [-0.15, -0.1) is 0 Å². The lowest BCUT2D eigenvalue weighted by Gasteiger charge is -2.10. The number of fused-ring (bicyclic) bond motifs is 1. The molecular weight excluding hydrogens is 288 g/mol. The molecule has 0 radical (unpaired) electrons. The Morgan fingerprint density at radius 2 is 2.18 bits per heavy atom. The number of diazo groups is 1. The summed E-state index contributed by atoms with van der Waals surface area (Å²) in [6.45, 7) is 4.15. The van der Waals surface area contributed by atoms with E-state index in [0.717, 1.165) is 0 Å². The predicted octanol–water partition coefficient (Wildman–Crippen LogP) is 2.09. The van der Waals surface area contributed by atoms with Crippen molar-refractivity contribution in [1.82, 2.24) is 9.55 Å². The summed E-state index contributed by atoms with van der Waals surface area (Å²) in [6.07, 6.45) is 1.41. The molecule has 0 aliphatic heterocycles. The number of rotatable bonds is 4. The topological polar surface area (TPSA) is 98.6 Å². The Labute approximate surface area is 125 Å². The number of ether oxygens (including phenoxy) is 2. The zero-order valence-electron chi connectivity index (χ0n) is 12.5. The fourth-order valence-electron chi connectivity index (χ4n) is 2.10. The summed E-state index contributed by atoms with van der Waals surface area (Å²) < 4.78 is 11.5. The first kappa shape index (κ1) is 15.4. The number of esters is 1. The SMILES string of the molecule is CCOC(=O)c1cn(CC)c2nc(OC)c([N+]#N)cc2c1=O. The molecule has 114 valence electrons. The van der Waals surface area contributed by atoms with Crippen molar-refractivity contribution in [2.45, 2.75) is 20.4 Å². The number of aryl methyl sites for hydroxylation is 1. The molecule has 8 heteroatoms. The number of pyridine rings is 2. The zero-order valence-corrected chi connectivity index (χ0v) is 12.5. The smallest absolute Gasteiger partial charge is 0.447 e. The number of aromatic nitrogens is 2. The Morgan fingerprint density at radius 1 is 1.45 bits per heavy atom. The van der Waals surface area contributed by atoms with E-state index in [-0.39, 0.29) is 29.1 Å². The highest BCUT2D eigenvalue weighted by atomic mass is 16.5. The van der Waals surface area contributed by atoms with Gasteiger partial charge in [0.25, 0.3) is 0 Å². The first-order valence-electron chi connectivity index (χ1n) is 6.71. The summed E-state index contributed by atoms with van der Waals surface area (Å²) in [5, 5.41) is 9.15. The van der Waals surface area contributed by atoms with E-state index in [2.05, 4.69) is 9.96 Å². The minimum Gasteiger partial charge on any atom is -0.475 e. The highest BCUT2D eigenvalue weighted by Gasteiger charge is 2.23. The fourth-order valence-corrected chi connectivity index (χ4v) is 2.10. The molecule has 0 unspecified atom stereocenters. The van der Waals surface area contributed by atoms with Crippen LogP contribution in [-0.4, -0.2) is 29.2 Å². The van der Waals surface area contributed by atoms with E-state index in [0.29, 0.717) is 12.2 Å². The van der Waals surface area contributed by atoms with E-state index in [9.17, 15) is 9.59 Å². The van der Waals surface area contributed by atoms with E-state index >= 15 is 0 Å². The summed E-state index contributed by atoms with van der Waals surface area (Å²) in [4.78, 5) is 31.6. The quantitative estimate of drug-likeness (QED) is 0.633. The molecule has 0 amide bonds. The lowest BCUT2D eigenvalue weighted by Crippen LogP contribution is -2.21. The molecule has 2 aromatic rings. The van der Waals surface area contributed by atoms with Crippen LogP contribution in [0.25, 0.3) is 16.0 Å². The molecule has 2 heterocycles. The maximum Gasteiger partial charge on any atom is 0.447 e. The van der Waals surface area contributed by atoms with Gasteiger partial charge in [0.1, 0.15) is 11.2 Å². The van der Waals surface area contributed by atoms with Gasteiger partial charge in [0.05, 0.1) is 25.2 Å². The highest BCUT2D eigenvalue weighted by Crippen LogP contribution is 2.28. The van der Waals surface area contributed by atoms with E-state index in [1.54, 1.807) is 11.5 Å². The minimum atomic E-state index is -0.699. The molecule has 0 aliphatic carbocycles. The van der Waals surface area contributed by atoms with Crippen LogP contribution >= 0.6 is 0 Å². The molecule has 0 saturated heterocycles. The number of carbonyl (C=O) groups is 1. The summed E-state index contributed by atoms with van der Waals surface area (Å²) in [5.74, 6) is -0.615. The maximum absolute atomic E-state index is 12.5. The molecule has 0 fully saturated rings. The van der Waals surface area contributed by atoms with E-state index in [1.807, 2.05) is 6.92 Å². The van der Waals surface area contributed by atoms with Crippen molar-refractivity contribution < 1.29 is 14.3 Å². The summed E-state index contributed by atoms with van der Waals surface area (Å²) >= 11 is 0. The van der Waals surface area contributed by atoms with Crippen LogP contribution in [0.1, 0.15) is 24.2 Å². The van der Waals surface area contributed by atoms with Gasteiger partial charge in [0.15, 0.2) is 4.98 Å². The molecular formula is C14H15N4O4+. The van der Waals surface area contributed by atoms with Crippen LogP contribution in [0.2, 0.25) is 0 Å². The van der Waals surface area contributed by atoms with Crippen molar-refractivity contribution in [2.24, 2.45) is 0 Å². The molecule has 2 rings (SSSR count). The van der Waals surface area contributed by atoms with Gasteiger partial charge < -0.3 is 14.0 Å². The van der Waals surface area contributed by atoms with Gasteiger partial charge in [-0.25, -0.2) is 4.79 Å². The molecule has 2 aromatic heterocycles. The van der Waals surface area contributed by atoms with Crippen molar-refractivity contribution in [1.29, 1.82) is 5.39 Å². The molecule has 0 aliphatic rings. The van der Waals surface area contributed by atoms with Gasteiger partial charge in [-0.05, 0) is 13.8 Å². The van der Waals surface area contributed by atoms with Crippen LogP contribution in [0, 0.1) is 5.39 Å². The average Bonchev–Trinajstić information content (AvgIpc) is 2.54. The van der Waals surface area contributed by atoms with Crippen molar-refractivity contribution in [3.8, 4) is 5.88 Å². The van der Waals surface area contributed by atoms with E-state index in [1.165, 1.54) is 19.4 Å². The maximum atomic E-state index is 12.5. The van der Waals surface area contributed by atoms with Crippen molar-refractivity contribution in [2.75, 3.05) is 13.7 Å². The van der Waals surface area contributed by atoms with Gasteiger partial charge in [-0.3, -0.25) is 4.79 Å². The van der Waals surface area contributed by atoms with Crippen molar-refractivity contribution in [3.05, 3.63) is 33.0 Å². The predicted molar refractivity (Wildman–Crippen MR) is 78.9 cm³/mol. The summed E-state index contributed by atoms with van der Waals surface area (Å²) in [6, 6.07) is 1.33. The van der Waals surface area contributed by atoms with Gasteiger partial charge in [-0.1, -0.05) is 0 Å². The van der Waals surface area contributed by atoms with Crippen LogP contribution < -0.4 is 10.2 Å². The second-order valence-electron chi connectivity index (χ2n) is 4.37. The molecule has 8 nitrogen and oxygen atoms in total. The normalized spacial score (nSPS) is 10.3. The number of hydrogen-bond acceptors (Lipinski definition) is 6. The molecule has 0 spiro atoms. The van der Waals surface area contributed by atoms with Crippen LogP contribution in [-0.2, 0) is 11.3 Å². The van der Waals surface area contributed by atoms with Gasteiger partial charge in [-0.2, -0.15) is 4.98 Å². The summed E-state index contributed by atoms with van der Waals surface area (Å²) in [7, 11) is 1.38. The Morgan fingerprint density at radius 3 is 2.73 bits per heavy atom. The number of nitrogens with zero attached hydrogens (tertiary/aromatic N) is 4. The lowest BCUT2D eigenvalue weighted by molar-refractivity contribution is 0.0524. The Hall–Kier alpha value is -2.95. The fraction of sp³-hybridized carbons (Fsp3) is 0.357. The molecule has 0 N–H and O–H groups in total. The Bertz CT molecular complexity index is 835. The van der Waals surface area contributed by atoms with E-state index in [4.69, 9.17) is 14.9 Å². The number of hydrogen-bond donors (Lipinski definition) is 0. The number of carbonyl (C=O) groups excluding carboxylic acids is 1. The second kappa shape index (κ2) is 6.22. The third kappa shape index (κ3) is 2.48. The minimum absolute atomic E-state index is 0.00996. The van der Waals surface area contributed by atoms with Crippen LogP contribution in [0.15, 0.2) is 17.1 Å². The first-order valence-corrected chi connectivity index (χ1v) is 6.71. The third-order valence-corrected chi connectivity index (χ3v) is 3.13. The average molecular weight is 303 g/mol. The molecule has 0 saturated carbocycles. The zero-order chi connectivity index (χ0) is 16.3. The monoisotopic (exact) mass is 303 g/mol. The van der Waals surface area contributed by atoms with Crippen molar-refractivity contribution in [3.63, 3.8) is 0 Å². The van der Waals surface area contributed by atoms with Gasteiger partial charge in [0, 0.05) is 12.7 Å². The molecule has 0 atom stereocenters. The summed E-state index contributed by atoms with van der Waals surface area (Å²) in [5.41, 5.74) is -0.272. The van der Waals surface area contributed by atoms with Crippen LogP contribution in [0.4, 0.5) is 5.69 Å². The van der Waals surface area contributed by atoms with Crippen molar-refractivity contribution >= 4 is 22.7 Å². The first-order chi connectivity index (χ1) is 10.6. The molecule has 0 aromatic carbocycles. The third-order valence-electron chi connectivity index (χ3n) is 3.13. The highest BCUT2D eigenvalue weighted by molar-refractivity contribution is 5.94. The van der Waals surface area contributed by atoms with Crippen LogP contribution in [0.3, 0.4) is 0 Å². The second-order valence-corrected chi connectivity index (χ2v) is 4.37. The molecule has 22 heavy (non-hydrogen) atoms.